The second-order valence-electron chi connectivity index (χ2n) is 3.74. The summed E-state index contributed by atoms with van der Waals surface area (Å²) < 4.78 is 3.96. The molecule has 0 radical (unpaired) electrons. The predicted octanol–water partition coefficient (Wildman–Crippen LogP) is 1.59. The lowest BCUT2D eigenvalue weighted by molar-refractivity contribution is -0.131. The summed E-state index contributed by atoms with van der Waals surface area (Å²) in [6.45, 7) is 1.72. The summed E-state index contributed by atoms with van der Waals surface area (Å²) in [5, 5.41) is 11.6. The zero-order valence-electron chi connectivity index (χ0n) is 10.4. The number of aliphatic carboxylic acids is 1. The average Bonchev–Trinajstić information content (AvgIpc) is 2.82. The third-order valence-corrected chi connectivity index (χ3v) is 2.97. The Bertz CT molecular complexity index is 681. The number of carbonyl (C=O) groups excluding carboxylic acids is 1. The third-order valence-electron chi connectivity index (χ3n) is 2.25. The molecule has 20 heavy (non-hydrogen) atoms. The lowest BCUT2D eigenvalue weighted by Crippen LogP contribution is -2.13. The maximum absolute atomic E-state index is 12.1. The van der Waals surface area contributed by atoms with Crippen molar-refractivity contribution in [3.8, 4) is 0 Å². The summed E-state index contributed by atoms with van der Waals surface area (Å²) in [7, 11) is 0. The maximum Gasteiger partial charge on any atom is 0.328 e. The van der Waals surface area contributed by atoms with Gasteiger partial charge in [-0.2, -0.15) is 4.37 Å². The van der Waals surface area contributed by atoms with E-state index in [0.717, 1.165) is 17.6 Å². The molecule has 0 bridgehead atoms. The first-order valence-electron chi connectivity index (χ1n) is 5.53. The first-order valence-corrected chi connectivity index (χ1v) is 6.30. The van der Waals surface area contributed by atoms with Gasteiger partial charge in [-0.15, -0.1) is 0 Å². The number of anilines is 1. The molecule has 0 aliphatic rings. The Balaban J connectivity index is 2.23. The van der Waals surface area contributed by atoms with Gasteiger partial charge in [-0.3, -0.25) is 15.1 Å². The quantitative estimate of drug-likeness (QED) is 0.828. The number of aromatic nitrogens is 3. The molecule has 2 heterocycles. The molecule has 0 aromatic carbocycles. The fourth-order valence-electron chi connectivity index (χ4n) is 1.42. The molecule has 0 saturated carbocycles. The molecule has 0 fully saturated rings. The number of aryl methyl sites for hydroxylation is 1. The van der Waals surface area contributed by atoms with Gasteiger partial charge in [0.2, 0.25) is 5.13 Å². The Kier molecular flexibility index (Phi) is 4.16. The Labute approximate surface area is 118 Å². The van der Waals surface area contributed by atoms with Crippen molar-refractivity contribution in [2.45, 2.75) is 6.92 Å². The van der Waals surface area contributed by atoms with Crippen LogP contribution >= 0.6 is 11.5 Å². The topological polar surface area (TPSA) is 105 Å². The minimum atomic E-state index is -1.10. The van der Waals surface area contributed by atoms with E-state index in [2.05, 4.69) is 19.7 Å². The summed E-state index contributed by atoms with van der Waals surface area (Å²) in [6.07, 6.45) is 5.14. The highest BCUT2D eigenvalue weighted by Crippen LogP contribution is 2.15. The molecule has 7 nitrogen and oxygen atoms in total. The number of rotatable bonds is 4. The average molecular weight is 290 g/mol. The lowest BCUT2D eigenvalue weighted by Gasteiger charge is -2.04. The van der Waals surface area contributed by atoms with E-state index in [4.69, 9.17) is 5.11 Å². The summed E-state index contributed by atoms with van der Waals surface area (Å²) in [4.78, 5) is 30.5. The van der Waals surface area contributed by atoms with Gasteiger partial charge in [0, 0.05) is 35.6 Å². The summed E-state index contributed by atoms with van der Waals surface area (Å²) in [5.41, 5.74) is 0.721. The maximum atomic E-state index is 12.1. The van der Waals surface area contributed by atoms with Crippen molar-refractivity contribution in [3.05, 3.63) is 41.5 Å². The van der Waals surface area contributed by atoms with Gasteiger partial charge < -0.3 is 5.11 Å². The van der Waals surface area contributed by atoms with Crippen molar-refractivity contribution in [2.75, 3.05) is 5.32 Å². The van der Waals surface area contributed by atoms with Gasteiger partial charge >= 0.3 is 5.97 Å². The number of nitrogens with one attached hydrogen (secondary N) is 1. The molecule has 0 unspecified atom stereocenters. The van der Waals surface area contributed by atoms with Crippen LogP contribution in [-0.2, 0) is 4.79 Å². The Morgan fingerprint density at radius 1 is 1.45 bits per heavy atom. The largest absolute Gasteiger partial charge is 0.478 e. The predicted molar refractivity (Wildman–Crippen MR) is 73.5 cm³/mol. The van der Waals surface area contributed by atoms with Crippen LogP contribution in [0.25, 0.3) is 6.08 Å². The van der Waals surface area contributed by atoms with Crippen LogP contribution in [0.1, 0.15) is 21.7 Å². The highest BCUT2D eigenvalue weighted by atomic mass is 32.1. The molecule has 102 valence electrons. The van der Waals surface area contributed by atoms with Crippen LogP contribution in [0, 0.1) is 6.92 Å². The van der Waals surface area contributed by atoms with E-state index in [9.17, 15) is 9.59 Å². The van der Waals surface area contributed by atoms with E-state index in [1.165, 1.54) is 24.5 Å². The molecule has 8 heteroatoms. The van der Waals surface area contributed by atoms with Crippen molar-refractivity contribution >= 4 is 34.6 Å². The standard InChI is InChI=1S/C12H10N4O3S/c1-7-14-12(20-16-7)15-11(19)9-4-5-13-6-8(9)2-3-10(17)18/h2-6H,1H3,(H,17,18)(H,14,15,16,19)/b3-2+. The molecule has 0 spiro atoms. The van der Waals surface area contributed by atoms with Crippen molar-refractivity contribution < 1.29 is 14.7 Å². The van der Waals surface area contributed by atoms with Crippen molar-refractivity contribution in [3.63, 3.8) is 0 Å². The van der Waals surface area contributed by atoms with E-state index in [1.807, 2.05) is 0 Å². The van der Waals surface area contributed by atoms with E-state index in [1.54, 1.807) is 6.92 Å². The summed E-state index contributed by atoms with van der Waals surface area (Å²) >= 11 is 1.08. The fraction of sp³-hybridized carbons (Fsp3) is 0.0833. The number of carboxylic acids is 1. The smallest absolute Gasteiger partial charge is 0.328 e. The van der Waals surface area contributed by atoms with Crippen LogP contribution < -0.4 is 5.32 Å². The van der Waals surface area contributed by atoms with Gasteiger partial charge in [-0.05, 0) is 19.1 Å². The molecule has 1 amide bonds. The molecule has 2 aromatic rings. The van der Waals surface area contributed by atoms with Gasteiger partial charge in [0.15, 0.2) is 0 Å². The number of hydrogen-bond acceptors (Lipinski definition) is 6. The van der Waals surface area contributed by atoms with Crippen LogP contribution in [0.3, 0.4) is 0 Å². The number of carbonyl (C=O) groups is 2. The van der Waals surface area contributed by atoms with Crippen LogP contribution in [0.15, 0.2) is 24.5 Å². The van der Waals surface area contributed by atoms with Gasteiger partial charge in [0.05, 0.1) is 5.56 Å². The number of nitrogens with zero attached hydrogens (tertiary/aromatic N) is 3. The zero-order valence-corrected chi connectivity index (χ0v) is 11.2. The normalized spacial score (nSPS) is 10.7. The Morgan fingerprint density at radius 2 is 2.25 bits per heavy atom. The zero-order chi connectivity index (χ0) is 14.5. The molecule has 0 aliphatic carbocycles. The fourth-order valence-corrected chi connectivity index (χ4v) is 1.99. The molecule has 2 aromatic heterocycles. The van der Waals surface area contributed by atoms with Gasteiger partial charge in [0.25, 0.3) is 5.91 Å². The van der Waals surface area contributed by atoms with E-state index in [0.29, 0.717) is 22.1 Å². The number of hydrogen-bond donors (Lipinski definition) is 2. The highest BCUT2D eigenvalue weighted by molar-refractivity contribution is 7.09. The first kappa shape index (κ1) is 13.8. The van der Waals surface area contributed by atoms with Gasteiger partial charge in [0.1, 0.15) is 5.82 Å². The summed E-state index contributed by atoms with van der Waals surface area (Å²) in [6, 6.07) is 1.50. The molecule has 2 N–H and O–H groups in total. The van der Waals surface area contributed by atoms with Gasteiger partial charge in [-0.25, -0.2) is 9.78 Å². The van der Waals surface area contributed by atoms with Crippen molar-refractivity contribution in [2.24, 2.45) is 0 Å². The van der Waals surface area contributed by atoms with E-state index >= 15 is 0 Å². The molecule has 0 aliphatic heterocycles. The molecule has 2 rings (SSSR count). The van der Waals surface area contributed by atoms with Crippen molar-refractivity contribution in [1.82, 2.24) is 14.3 Å². The molecular weight excluding hydrogens is 280 g/mol. The molecule has 0 saturated heterocycles. The minimum Gasteiger partial charge on any atom is -0.478 e. The molecular formula is C12H10N4O3S. The van der Waals surface area contributed by atoms with E-state index < -0.39 is 11.9 Å². The second-order valence-corrected chi connectivity index (χ2v) is 4.49. The minimum absolute atomic E-state index is 0.311. The van der Waals surface area contributed by atoms with Crippen LogP contribution in [0.2, 0.25) is 0 Å². The van der Waals surface area contributed by atoms with Crippen LogP contribution in [0.5, 0.6) is 0 Å². The highest BCUT2D eigenvalue weighted by Gasteiger charge is 2.12. The van der Waals surface area contributed by atoms with Crippen LogP contribution in [-0.4, -0.2) is 31.3 Å². The SMILES string of the molecule is Cc1nsc(NC(=O)c2ccncc2/C=C/C(=O)O)n1. The van der Waals surface area contributed by atoms with Crippen LogP contribution in [0.4, 0.5) is 5.13 Å². The summed E-state index contributed by atoms with van der Waals surface area (Å²) in [5.74, 6) is -0.917. The monoisotopic (exact) mass is 290 g/mol. The van der Waals surface area contributed by atoms with E-state index in [-0.39, 0.29) is 0 Å². The third kappa shape index (κ3) is 3.45. The van der Waals surface area contributed by atoms with Gasteiger partial charge in [-0.1, -0.05) is 0 Å². The number of amides is 1. The Morgan fingerprint density at radius 3 is 2.90 bits per heavy atom. The number of carboxylic acid groups (broad SMARTS) is 1. The first-order chi connectivity index (χ1) is 9.56. The number of pyridine rings is 1. The Hall–Kier alpha value is -2.61. The molecule has 0 atom stereocenters. The lowest BCUT2D eigenvalue weighted by atomic mass is 10.1. The van der Waals surface area contributed by atoms with Crippen molar-refractivity contribution in [1.29, 1.82) is 0 Å². The second kappa shape index (κ2) is 6.02.